The first kappa shape index (κ1) is 14.9. The Morgan fingerprint density at radius 1 is 1.35 bits per heavy atom. The van der Waals surface area contributed by atoms with Crippen LogP contribution in [0.2, 0.25) is 0 Å². The molecule has 0 radical (unpaired) electrons. The van der Waals surface area contributed by atoms with Crippen molar-refractivity contribution in [3.8, 4) is 0 Å². The highest BCUT2D eigenvalue weighted by molar-refractivity contribution is 5.79. The van der Waals surface area contributed by atoms with E-state index in [0.717, 1.165) is 19.3 Å². The molecule has 0 saturated carbocycles. The third kappa shape index (κ3) is 3.33. The molecular formula is C15H19F2NO2. The summed E-state index contributed by atoms with van der Waals surface area (Å²) in [5, 5.41) is 8.86. The number of aliphatic hydroxyl groups is 1. The third-order valence-corrected chi connectivity index (χ3v) is 3.78. The minimum atomic E-state index is -0.676. The molecule has 3 nitrogen and oxygen atoms in total. The van der Waals surface area contributed by atoms with Crippen LogP contribution in [-0.2, 0) is 11.2 Å². The van der Waals surface area contributed by atoms with Crippen molar-refractivity contribution in [2.75, 3.05) is 13.2 Å². The first-order valence-corrected chi connectivity index (χ1v) is 6.96. The number of rotatable bonds is 5. The molecule has 1 heterocycles. The minimum Gasteiger partial charge on any atom is -0.396 e. The Balaban J connectivity index is 2.04. The fraction of sp³-hybridized carbons (Fsp3) is 0.533. The van der Waals surface area contributed by atoms with Gasteiger partial charge in [-0.25, -0.2) is 8.78 Å². The molecule has 1 aromatic rings. The highest BCUT2D eigenvalue weighted by Crippen LogP contribution is 2.23. The van der Waals surface area contributed by atoms with Crippen molar-refractivity contribution < 1.29 is 18.7 Å². The average molecular weight is 283 g/mol. The van der Waals surface area contributed by atoms with Crippen LogP contribution in [0.4, 0.5) is 8.78 Å². The first-order valence-electron chi connectivity index (χ1n) is 6.96. The van der Waals surface area contributed by atoms with E-state index in [9.17, 15) is 13.6 Å². The summed E-state index contributed by atoms with van der Waals surface area (Å²) in [4.78, 5) is 13.9. The summed E-state index contributed by atoms with van der Waals surface area (Å²) in [7, 11) is 0. The second kappa shape index (κ2) is 6.79. The number of halogens is 2. The van der Waals surface area contributed by atoms with Gasteiger partial charge in [0, 0.05) is 24.8 Å². The molecule has 1 aliphatic rings. The highest BCUT2D eigenvalue weighted by Gasteiger charge is 2.29. The minimum absolute atomic E-state index is 0.0875. The molecule has 0 aromatic heterocycles. The zero-order chi connectivity index (χ0) is 14.5. The van der Waals surface area contributed by atoms with E-state index in [1.165, 1.54) is 18.2 Å². The van der Waals surface area contributed by atoms with Gasteiger partial charge in [0.05, 0.1) is 6.42 Å². The maximum atomic E-state index is 13.6. The Morgan fingerprint density at radius 2 is 2.05 bits per heavy atom. The van der Waals surface area contributed by atoms with Gasteiger partial charge in [0.25, 0.3) is 0 Å². The largest absolute Gasteiger partial charge is 0.396 e. The van der Waals surface area contributed by atoms with Crippen molar-refractivity contribution in [1.82, 2.24) is 4.90 Å². The van der Waals surface area contributed by atoms with Gasteiger partial charge in [-0.2, -0.15) is 0 Å². The van der Waals surface area contributed by atoms with Crippen molar-refractivity contribution in [3.05, 3.63) is 35.4 Å². The van der Waals surface area contributed by atoms with Gasteiger partial charge in [-0.1, -0.05) is 6.07 Å². The van der Waals surface area contributed by atoms with Crippen LogP contribution in [-0.4, -0.2) is 35.1 Å². The summed E-state index contributed by atoms with van der Waals surface area (Å²) in [6.07, 6.45) is 2.94. The molecule has 1 aliphatic heterocycles. The number of aliphatic hydroxyl groups excluding tert-OH is 1. The summed E-state index contributed by atoms with van der Waals surface area (Å²) in [6.45, 7) is 0.728. The molecule has 2 rings (SSSR count). The number of likely N-dealkylation sites (tertiary alicyclic amines) is 1. The topological polar surface area (TPSA) is 40.5 Å². The second-order valence-electron chi connectivity index (χ2n) is 5.13. The maximum Gasteiger partial charge on any atom is 0.227 e. The van der Waals surface area contributed by atoms with E-state index < -0.39 is 11.6 Å². The van der Waals surface area contributed by atoms with Crippen molar-refractivity contribution >= 4 is 5.91 Å². The number of carbonyl (C=O) groups is 1. The van der Waals surface area contributed by atoms with Gasteiger partial charge in [-0.15, -0.1) is 0 Å². The Labute approximate surface area is 117 Å². The predicted molar refractivity (Wildman–Crippen MR) is 71.1 cm³/mol. The van der Waals surface area contributed by atoms with E-state index in [1.54, 1.807) is 4.90 Å². The van der Waals surface area contributed by atoms with Gasteiger partial charge in [0.1, 0.15) is 11.6 Å². The number of nitrogens with zero attached hydrogens (tertiary/aromatic N) is 1. The molecule has 1 amide bonds. The van der Waals surface area contributed by atoms with E-state index in [2.05, 4.69) is 0 Å². The molecule has 110 valence electrons. The molecule has 20 heavy (non-hydrogen) atoms. The molecule has 1 fully saturated rings. The van der Waals surface area contributed by atoms with E-state index in [4.69, 9.17) is 5.11 Å². The van der Waals surface area contributed by atoms with E-state index >= 15 is 0 Å². The molecular weight excluding hydrogens is 264 g/mol. The fourth-order valence-corrected chi connectivity index (χ4v) is 2.75. The Morgan fingerprint density at radius 3 is 2.70 bits per heavy atom. The molecule has 0 bridgehead atoms. The molecule has 5 heteroatoms. The molecule has 1 atom stereocenters. The zero-order valence-electron chi connectivity index (χ0n) is 11.3. The molecule has 0 aliphatic carbocycles. The van der Waals surface area contributed by atoms with Crippen molar-refractivity contribution in [3.63, 3.8) is 0 Å². The second-order valence-corrected chi connectivity index (χ2v) is 5.13. The lowest BCUT2D eigenvalue weighted by Crippen LogP contribution is -2.37. The van der Waals surface area contributed by atoms with Crippen LogP contribution in [0.25, 0.3) is 0 Å². The number of benzene rings is 1. The maximum absolute atomic E-state index is 13.6. The predicted octanol–water partition coefficient (Wildman–Crippen LogP) is 2.27. The number of hydrogen-bond donors (Lipinski definition) is 1. The monoisotopic (exact) mass is 283 g/mol. The summed E-state index contributed by atoms with van der Waals surface area (Å²) < 4.78 is 27.1. The number of carbonyl (C=O) groups excluding carboxylic acids is 1. The van der Waals surface area contributed by atoms with Crippen LogP contribution >= 0.6 is 0 Å². The summed E-state index contributed by atoms with van der Waals surface area (Å²) in [6, 6.07) is 3.71. The zero-order valence-corrected chi connectivity index (χ0v) is 11.3. The number of amides is 1. The lowest BCUT2D eigenvalue weighted by Gasteiger charge is -2.24. The molecule has 1 unspecified atom stereocenters. The van der Waals surface area contributed by atoms with Crippen molar-refractivity contribution in [2.45, 2.75) is 38.1 Å². The lowest BCUT2D eigenvalue weighted by atomic mass is 10.1. The highest BCUT2D eigenvalue weighted by atomic mass is 19.1. The van der Waals surface area contributed by atoms with Crippen LogP contribution in [0.1, 0.15) is 31.2 Å². The Hall–Kier alpha value is -1.49. The van der Waals surface area contributed by atoms with Crippen LogP contribution in [0.5, 0.6) is 0 Å². The van der Waals surface area contributed by atoms with Crippen LogP contribution in [0, 0.1) is 11.6 Å². The lowest BCUT2D eigenvalue weighted by molar-refractivity contribution is -0.131. The first-order chi connectivity index (χ1) is 9.63. The normalized spacial score (nSPS) is 18.6. The van der Waals surface area contributed by atoms with Crippen molar-refractivity contribution in [2.24, 2.45) is 0 Å². The van der Waals surface area contributed by atoms with Gasteiger partial charge in [-0.05, 0) is 37.8 Å². The van der Waals surface area contributed by atoms with E-state index in [-0.39, 0.29) is 30.5 Å². The van der Waals surface area contributed by atoms with Crippen LogP contribution in [0.15, 0.2) is 18.2 Å². The van der Waals surface area contributed by atoms with Gasteiger partial charge >= 0.3 is 0 Å². The van der Waals surface area contributed by atoms with Gasteiger partial charge in [0.2, 0.25) is 5.91 Å². The smallest absolute Gasteiger partial charge is 0.227 e. The summed E-state index contributed by atoms with van der Waals surface area (Å²) >= 11 is 0. The molecule has 1 saturated heterocycles. The van der Waals surface area contributed by atoms with Crippen molar-refractivity contribution in [1.29, 1.82) is 0 Å². The Kier molecular flexibility index (Phi) is 5.06. The van der Waals surface area contributed by atoms with Crippen LogP contribution in [0.3, 0.4) is 0 Å². The summed E-state index contributed by atoms with van der Waals surface area (Å²) in [5.41, 5.74) is -0.162. The van der Waals surface area contributed by atoms with Gasteiger partial charge in [-0.3, -0.25) is 4.79 Å². The third-order valence-electron chi connectivity index (χ3n) is 3.78. The van der Waals surface area contributed by atoms with E-state index in [0.29, 0.717) is 13.0 Å². The van der Waals surface area contributed by atoms with Gasteiger partial charge < -0.3 is 10.0 Å². The SMILES string of the molecule is O=C(Cc1c(F)cccc1F)N1CCCC1CCCO. The van der Waals surface area contributed by atoms with Gasteiger partial charge in [0.15, 0.2) is 0 Å². The van der Waals surface area contributed by atoms with E-state index in [1.807, 2.05) is 0 Å². The quantitative estimate of drug-likeness (QED) is 0.900. The van der Waals surface area contributed by atoms with Crippen LogP contribution < -0.4 is 0 Å². The molecule has 0 spiro atoms. The molecule has 1 aromatic carbocycles. The fourth-order valence-electron chi connectivity index (χ4n) is 2.75. The summed E-state index contributed by atoms with van der Waals surface area (Å²) in [5.74, 6) is -1.59. The number of hydrogen-bond acceptors (Lipinski definition) is 2. The standard InChI is InChI=1S/C15H19F2NO2/c16-13-6-1-7-14(17)12(13)10-15(20)18-8-2-4-11(18)5-3-9-19/h1,6-7,11,19H,2-5,8-10H2. The Bertz CT molecular complexity index is 459. The molecule has 1 N–H and O–H groups in total. The average Bonchev–Trinajstić information content (AvgIpc) is 2.89.